The van der Waals surface area contributed by atoms with Gasteiger partial charge < -0.3 is 38.7 Å². The zero-order valence-electron chi connectivity index (χ0n) is 57.8. The van der Waals surface area contributed by atoms with Gasteiger partial charge in [-0.25, -0.2) is 4.79 Å². The van der Waals surface area contributed by atoms with Gasteiger partial charge >= 0.3 is 24.1 Å². The van der Waals surface area contributed by atoms with E-state index in [9.17, 15) is 24.0 Å². The zero-order valence-corrected chi connectivity index (χ0v) is 57.8. The summed E-state index contributed by atoms with van der Waals surface area (Å²) in [4.78, 5) is 55.6. The maximum absolute atomic E-state index is 11.8. The molecule has 0 aromatic heterocycles. The van der Waals surface area contributed by atoms with E-state index in [1.54, 1.807) is 6.92 Å². The van der Waals surface area contributed by atoms with Crippen LogP contribution in [-0.2, 0) is 42.9 Å². The number of aliphatic hydroxyl groups is 2. The number of carbonyl (C=O) groups excluding carboxylic acids is 5. The van der Waals surface area contributed by atoms with Crippen molar-refractivity contribution >= 4 is 29.8 Å². The average Bonchev–Trinajstić information content (AvgIpc) is 3.52. The Morgan fingerprint density at radius 2 is 0.586 bits per heavy atom. The molecule has 0 amide bonds. The molecular weight excluding hydrogens is 1090 g/mol. The minimum absolute atomic E-state index is 0. The van der Waals surface area contributed by atoms with Crippen LogP contribution in [0.4, 0.5) is 4.79 Å². The van der Waals surface area contributed by atoms with E-state index in [1.165, 1.54) is 271 Å². The number of hydrogen-bond acceptors (Lipinski definition) is 12. The van der Waals surface area contributed by atoms with Crippen molar-refractivity contribution in [2.75, 3.05) is 40.6 Å². The molecule has 0 saturated heterocycles. The predicted molar refractivity (Wildman–Crippen MR) is 371 cm³/mol. The lowest BCUT2D eigenvalue weighted by Gasteiger charge is -2.14. The third-order valence-electron chi connectivity index (χ3n) is 16.1. The van der Waals surface area contributed by atoms with E-state index < -0.39 is 12.3 Å². The van der Waals surface area contributed by atoms with E-state index in [0.29, 0.717) is 50.7 Å². The second-order valence-corrected chi connectivity index (χ2v) is 24.7. The molecular formula is C75H152O12. The molecule has 3 atom stereocenters. The molecule has 12 nitrogen and oxygen atoms in total. The molecule has 2 N–H and O–H groups in total. The molecule has 12 heteroatoms. The molecule has 87 heavy (non-hydrogen) atoms. The summed E-state index contributed by atoms with van der Waals surface area (Å²) in [5, 5.41) is 17.7. The number of Topliss-reactive ketones (excluding diaryl/α,β-unsaturated/α-hetero) is 1. The number of ether oxygens (including phenoxy) is 5. The van der Waals surface area contributed by atoms with Crippen molar-refractivity contribution in [3.63, 3.8) is 0 Å². The molecule has 0 saturated carbocycles. The van der Waals surface area contributed by atoms with Crippen LogP contribution in [0.15, 0.2) is 0 Å². The molecule has 0 aliphatic rings. The van der Waals surface area contributed by atoms with Crippen LogP contribution in [0.3, 0.4) is 0 Å². The smallest absolute Gasteiger partial charge is 0.465 e. The Morgan fingerprint density at radius 3 is 0.793 bits per heavy atom. The van der Waals surface area contributed by atoms with Crippen LogP contribution >= 0.6 is 0 Å². The first-order valence-electron chi connectivity index (χ1n) is 36.2. The molecule has 0 bridgehead atoms. The summed E-state index contributed by atoms with van der Waals surface area (Å²) in [5.41, 5.74) is 0. The molecule has 0 aromatic rings. The number of methoxy groups -OCH3 is 2. The highest BCUT2D eigenvalue weighted by Gasteiger charge is 2.12. The maximum atomic E-state index is 11.8. The fraction of sp³-hybridized carbons (Fsp3) is 0.933. The van der Waals surface area contributed by atoms with Crippen LogP contribution in [0.5, 0.6) is 0 Å². The Balaban J connectivity index is -0.000000267. The predicted octanol–water partition coefficient (Wildman–Crippen LogP) is 22.8. The Kier molecular flexibility index (Phi) is 91.3. The monoisotopic (exact) mass is 1250 g/mol. The molecule has 0 fully saturated rings. The summed E-state index contributed by atoms with van der Waals surface area (Å²) in [6, 6.07) is 0. The molecule has 524 valence electrons. The van der Waals surface area contributed by atoms with Crippen molar-refractivity contribution in [2.45, 2.75) is 403 Å². The highest BCUT2D eigenvalue weighted by molar-refractivity contribution is 5.75. The summed E-state index contributed by atoms with van der Waals surface area (Å²) in [5.74, 6) is 0.680. The first-order valence-corrected chi connectivity index (χ1v) is 36.2. The van der Waals surface area contributed by atoms with Gasteiger partial charge in [0.15, 0.2) is 0 Å². The van der Waals surface area contributed by atoms with Crippen LogP contribution in [0.2, 0.25) is 0 Å². The topological polar surface area (TPSA) is 172 Å². The van der Waals surface area contributed by atoms with Crippen molar-refractivity contribution in [1.29, 1.82) is 0 Å². The van der Waals surface area contributed by atoms with Crippen molar-refractivity contribution in [2.24, 2.45) is 11.8 Å². The van der Waals surface area contributed by atoms with E-state index in [-0.39, 0.29) is 51.8 Å². The number of ketones is 1. The van der Waals surface area contributed by atoms with E-state index in [4.69, 9.17) is 24.4 Å². The van der Waals surface area contributed by atoms with Gasteiger partial charge in [0.2, 0.25) is 0 Å². The normalized spacial score (nSPS) is 11.6. The van der Waals surface area contributed by atoms with E-state index >= 15 is 0 Å². The zero-order chi connectivity index (χ0) is 63.8. The van der Waals surface area contributed by atoms with Gasteiger partial charge in [-0.15, -0.1) is 0 Å². The first-order chi connectivity index (χ1) is 41.3. The van der Waals surface area contributed by atoms with Gasteiger partial charge in [-0.05, 0) is 44.4 Å². The highest BCUT2D eigenvalue weighted by Crippen LogP contribution is 2.18. The van der Waals surface area contributed by atoms with Crippen molar-refractivity contribution in [3.05, 3.63) is 0 Å². The lowest BCUT2D eigenvalue weighted by molar-refractivity contribution is -0.147. The van der Waals surface area contributed by atoms with Gasteiger partial charge in [-0.1, -0.05) is 339 Å². The molecule has 3 unspecified atom stereocenters. The van der Waals surface area contributed by atoms with E-state index in [1.807, 2.05) is 0 Å². The molecule has 0 radical (unpaired) electrons. The molecule has 0 aliphatic heterocycles. The van der Waals surface area contributed by atoms with Gasteiger partial charge in [-0.3, -0.25) is 14.4 Å². The summed E-state index contributed by atoms with van der Waals surface area (Å²) >= 11 is 0. The van der Waals surface area contributed by atoms with Gasteiger partial charge in [0.1, 0.15) is 18.5 Å². The fourth-order valence-corrected chi connectivity index (χ4v) is 9.84. The van der Waals surface area contributed by atoms with Crippen LogP contribution in [0.25, 0.3) is 0 Å². The third kappa shape index (κ3) is 89.8. The van der Waals surface area contributed by atoms with Crippen molar-refractivity contribution < 1.29 is 57.9 Å². The number of esters is 3. The Morgan fingerprint density at radius 1 is 0.345 bits per heavy atom. The fourth-order valence-electron chi connectivity index (χ4n) is 9.84. The molecule has 0 spiro atoms. The summed E-state index contributed by atoms with van der Waals surface area (Å²) in [7, 11) is 2.51. The summed E-state index contributed by atoms with van der Waals surface area (Å²) < 4.78 is 23.6. The second-order valence-electron chi connectivity index (χ2n) is 24.7. The number of aliphatic hydroxyl groups excluding tert-OH is 2. The number of carbonyl (C=O) groups is 5. The molecule has 0 aromatic carbocycles. The summed E-state index contributed by atoms with van der Waals surface area (Å²) in [6.07, 6.45) is 63.3. The van der Waals surface area contributed by atoms with Crippen LogP contribution in [-0.4, -0.2) is 86.8 Å². The Labute approximate surface area is 541 Å². The van der Waals surface area contributed by atoms with Crippen LogP contribution < -0.4 is 0 Å². The number of hydrogen-bond donors (Lipinski definition) is 2. The largest absolute Gasteiger partial charge is 0.507 e. The van der Waals surface area contributed by atoms with Gasteiger partial charge in [0.25, 0.3) is 0 Å². The minimum Gasteiger partial charge on any atom is -0.465 e. The number of rotatable bonds is 60. The van der Waals surface area contributed by atoms with E-state index in [0.717, 1.165) is 51.4 Å². The molecule has 0 aliphatic carbocycles. The molecule has 0 rings (SSSR count). The van der Waals surface area contributed by atoms with Gasteiger partial charge in [-0.2, -0.15) is 0 Å². The maximum Gasteiger partial charge on any atom is 0.507 e. The second kappa shape index (κ2) is 83.3. The number of unbranched alkanes of at least 4 members (excludes halogenated alkanes) is 42. The molecule has 0 heterocycles. The Bertz CT molecular complexity index is 1300. The van der Waals surface area contributed by atoms with Crippen molar-refractivity contribution in [3.8, 4) is 0 Å². The highest BCUT2D eigenvalue weighted by atomic mass is 16.7. The van der Waals surface area contributed by atoms with Crippen molar-refractivity contribution in [1.82, 2.24) is 0 Å². The standard InChI is InChI=1S/C26H50O3.C23H46O2.C21H42O4.C3H6O3.2CH4/c1-4-6-7-8-9-10-11-12-13-14-15-16-17-18-19-20-26(28)29-23-25(5-2)22-21-24(3)27;1-4-6-7-8-9-10-11-12-13-14-15-16-17-18-19-20-23(24)25-21-22(3)5-2;1-2-3-4-5-6-7-8-9-10-11-12-13-14-15-16-17-21(24)25-19-20(23)18-22;1-5-3(4)6-2;;/h25H,4-23H2,1-3H3;22H,4-21H2,1-3H3;20,22-23H,2-19H2,1H3;1-2H3;2*1H4. The lowest BCUT2D eigenvalue weighted by atomic mass is 10.0. The van der Waals surface area contributed by atoms with E-state index in [2.05, 4.69) is 51.0 Å². The summed E-state index contributed by atoms with van der Waals surface area (Å²) in [6.45, 7) is 15.4. The van der Waals surface area contributed by atoms with Gasteiger partial charge in [0.05, 0.1) is 34.0 Å². The third-order valence-corrected chi connectivity index (χ3v) is 16.1. The SMILES string of the molecule is C.C.CCCCCCCCCCCCCCCCCC(=O)OCC(C)CC.CCCCCCCCCCCCCCCCCC(=O)OCC(CC)CCC(C)=O.CCCCCCCCCCCCCCCCCC(=O)OCC(O)CO.COC(=O)OC. The average molecular weight is 1250 g/mol. The first kappa shape index (κ1) is 95.4. The lowest BCUT2D eigenvalue weighted by Crippen LogP contribution is -2.21. The van der Waals surface area contributed by atoms with Crippen LogP contribution in [0.1, 0.15) is 397 Å². The quantitative estimate of drug-likeness (QED) is 0.0336. The van der Waals surface area contributed by atoms with Gasteiger partial charge in [0, 0.05) is 25.7 Å². The Hall–Kier alpha value is -2.73. The minimum atomic E-state index is -0.954. The van der Waals surface area contributed by atoms with Crippen LogP contribution in [0, 0.1) is 11.8 Å².